The number of thiophene rings is 1. The summed E-state index contributed by atoms with van der Waals surface area (Å²) in [6.07, 6.45) is 5.72. The van der Waals surface area contributed by atoms with E-state index in [0.717, 1.165) is 0 Å². The molecular weight excluding hydrogens is 264 g/mol. The van der Waals surface area contributed by atoms with Crippen molar-refractivity contribution in [3.05, 3.63) is 66.7 Å². The van der Waals surface area contributed by atoms with Crippen molar-refractivity contribution < 1.29 is 0 Å². The Balaban J connectivity index is 1.88. The third kappa shape index (κ3) is 1.74. The zero-order valence-corrected chi connectivity index (χ0v) is 12.0. The molecule has 3 heteroatoms. The van der Waals surface area contributed by atoms with Crippen molar-refractivity contribution >= 4 is 31.5 Å². The second-order valence-corrected chi connectivity index (χ2v) is 6.12. The molecule has 98 valence electrons. The van der Waals surface area contributed by atoms with Crippen LogP contribution in [0.5, 0.6) is 0 Å². The minimum absolute atomic E-state index is 0.312. The Kier molecular flexibility index (Phi) is 2.60. The number of hydrogen-bond donors (Lipinski definition) is 0. The van der Waals surface area contributed by atoms with Crippen molar-refractivity contribution in [3.8, 4) is 0 Å². The number of aromatic nitrogens is 2. The molecule has 0 fully saturated rings. The number of rotatable bonds is 2. The lowest BCUT2D eigenvalue weighted by Crippen LogP contribution is -2.03. The van der Waals surface area contributed by atoms with Crippen molar-refractivity contribution in [2.75, 3.05) is 0 Å². The van der Waals surface area contributed by atoms with Gasteiger partial charge in [-0.25, -0.2) is 4.98 Å². The van der Waals surface area contributed by atoms with E-state index in [4.69, 9.17) is 0 Å². The largest absolute Gasteiger partial charge is 0.330 e. The molecule has 2 nitrogen and oxygen atoms in total. The molecule has 0 amide bonds. The predicted octanol–water partition coefficient (Wildman–Crippen LogP) is 4.86. The van der Waals surface area contributed by atoms with Gasteiger partial charge in [0.1, 0.15) is 0 Å². The molecule has 2 aromatic heterocycles. The number of benzene rings is 2. The smallest absolute Gasteiger partial charge is 0.0951 e. The highest BCUT2D eigenvalue weighted by molar-refractivity contribution is 7.25. The van der Waals surface area contributed by atoms with Crippen molar-refractivity contribution in [2.45, 2.75) is 13.0 Å². The first kappa shape index (κ1) is 11.7. The Bertz CT molecular complexity index is 874. The highest BCUT2D eigenvalue weighted by atomic mass is 32.1. The molecule has 4 rings (SSSR count). The van der Waals surface area contributed by atoms with Crippen molar-refractivity contribution in [2.24, 2.45) is 0 Å². The first-order chi connectivity index (χ1) is 9.83. The van der Waals surface area contributed by atoms with Gasteiger partial charge in [0.2, 0.25) is 0 Å². The predicted molar refractivity (Wildman–Crippen MR) is 85.4 cm³/mol. The molecule has 0 N–H and O–H groups in total. The SMILES string of the molecule is CC(c1ccc2c(c1)sc1ccccc12)n1ccnc1. The Morgan fingerprint density at radius 1 is 1.05 bits per heavy atom. The topological polar surface area (TPSA) is 17.8 Å². The van der Waals surface area contributed by atoms with Gasteiger partial charge in [-0.05, 0) is 24.6 Å². The van der Waals surface area contributed by atoms with Crippen LogP contribution in [0.2, 0.25) is 0 Å². The first-order valence-electron chi connectivity index (χ1n) is 6.71. The first-order valence-corrected chi connectivity index (χ1v) is 7.53. The summed E-state index contributed by atoms with van der Waals surface area (Å²) in [4.78, 5) is 4.13. The normalized spacial score (nSPS) is 13.1. The van der Waals surface area contributed by atoms with Gasteiger partial charge in [-0.3, -0.25) is 0 Å². The fourth-order valence-electron chi connectivity index (χ4n) is 2.67. The molecule has 4 aromatic rings. The van der Waals surface area contributed by atoms with Crippen LogP contribution in [0.4, 0.5) is 0 Å². The molecule has 0 saturated carbocycles. The summed E-state index contributed by atoms with van der Waals surface area (Å²) in [5.41, 5.74) is 1.32. The Morgan fingerprint density at radius 2 is 1.90 bits per heavy atom. The summed E-state index contributed by atoms with van der Waals surface area (Å²) in [5, 5.41) is 2.71. The molecule has 1 atom stereocenters. The lowest BCUT2D eigenvalue weighted by molar-refractivity contribution is 0.639. The summed E-state index contributed by atoms with van der Waals surface area (Å²) in [6.45, 7) is 2.20. The Labute approximate surface area is 121 Å². The minimum atomic E-state index is 0.312. The van der Waals surface area contributed by atoms with E-state index in [-0.39, 0.29) is 0 Å². The summed E-state index contributed by atoms with van der Waals surface area (Å²) in [7, 11) is 0. The molecule has 20 heavy (non-hydrogen) atoms. The van der Waals surface area contributed by atoms with Crippen LogP contribution in [-0.2, 0) is 0 Å². The Morgan fingerprint density at radius 3 is 2.75 bits per heavy atom. The molecule has 0 aliphatic rings. The third-order valence-corrected chi connectivity index (χ3v) is 4.99. The molecule has 0 aliphatic heterocycles. The van der Waals surface area contributed by atoms with Gasteiger partial charge in [-0.2, -0.15) is 0 Å². The highest BCUT2D eigenvalue weighted by Gasteiger charge is 2.10. The van der Waals surface area contributed by atoms with Crippen molar-refractivity contribution in [1.29, 1.82) is 0 Å². The molecule has 0 radical (unpaired) electrons. The molecule has 2 heterocycles. The van der Waals surface area contributed by atoms with Gasteiger partial charge in [0.15, 0.2) is 0 Å². The van der Waals surface area contributed by atoms with E-state index in [2.05, 4.69) is 58.9 Å². The van der Waals surface area contributed by atoms with Gasteiger partial charge in [0.25, 0.3) is 0 Å². The van der Waals surface area contributed by atoms with Gasteiger partial charge in [-0.1, -0.05) is 30.3 Å². The zero-order valence-electron chi connectivity index (χ0n) is 11.2. The second kappa shape index (κ2) is 4.46. The van der Waals surface area contributed by atoms with Crippen LogP contribution < -0.4 is 0 Å². The molecule has 1 unspecified atom stereocenters. The van der Waals surface area contributed by atoms with E-state index in [1.165, 1.54) is 25.7 Å². The van der Waals surface area contributed by atoms with Crippen LogP contribution in [0.15, 0.2) is 61.2 Å². The average molecular weight is 278 g/mol. The van der Waals surface area contributed by atoms with Gasteiger partial charge in [-0.15, -0.1) is 11.3 Å². The summed E-state index contributed by atoms with van der Waals surface area (Å²) in [6, 6.07) is 15.7. The third-order valence-electron chi connectivity index (χ3n) is 3.86. The van der Waals surface area contributed by atoms with Crippen LogP contribution in [0, 0.1) is 0 Å². The molecule has 0 aliphatic carbocycles. The maximum atomic E-state index is 4.13. The van der Waals surface area contributed by atoms with Crippen LogP contribution in [0.1, 0.15) is 18.5 Å². The number of imidazole rings is 1. The average Bonchev–Trinajstić information content (AvgIpc) is 3.13. The van der Waals surface area contributed by atoms with E-state index >= 15 is 0 Å². The lowest BCUT2D eigenvalue weighted by Gasteiger charge is -2.13. The number of fused-ring (bicyclic) bond motifs is 3. The lowest BCUT2D eigenvalue weighted by atomic mass is 10.1. The van der Waals surface area contributed by atoms with Crippen LogP contribution in [0.3, 0.4) is 0 Å². The zero-order chi connectivity index (χ0) is 13.5. The van der Waals surface area contributed by atoms with Crippen molar-refractivity contribution in [1.82, 2.24) is 9.55 Å². The van der Waals surface area contributed by atoms with Crippen LogP contribution in [0.25, 0.3) is 20.2 Å². The van der Waals surface area contributed by atoms with Gasteiger partial charge in [0.05, 0.1) is 12.4 Å². The fraction of sp³-hybridized carbons (Fsp3) is 0.118. The van der Waals surface area contributed by atoms with E-state index in [1.807, 2.05) is 30.1 Å². The maximum Gasteiger partial charge on any atom is 0.0951 e. The summed E-state index contributed by atoms with van der Waals surface area (Å²) < 4.78 is 4.85. The number of hydrogen-bond acceptors (Lipinski definition) is 2. The molecule has 0 saturated heterocycles. The quantitative estimate of drug-likeness (QED) is 0.512. The summed E-state index contributed by atoms with van der Waals surface area (Å²) >= 11 is 1.87. The monoisotopic (exact) mass is 278 g/mol. The van der Waals surface area contributed by atoms with E-state index in [1.54, 1.807) is 0 Å². The van der Waals surface area contributed by atoms with Crippen molar-refractivity contribution in [3.63, 3.8) is 0 Å². The van der Waals surface area contributed by atoms with Crippen LogP contribution >= 0.6 is 11.3 Å². The molecule has 2 aromatic carbocycles. The standard InChI is InChI=1S/C17H14N2S/c1-12(19-9-8-18-11-19)13-6-7-15-14-4-2-3-5-16(14)20-17(15)10-13/h2-12H,1H3. The van der Waals surface area contributed by atoms with Gasteiger partial charge in [0, 0.05) is 32.6 Å². The molecule has 0 spiro atoms. The van der Waals surface area contributed by atoms with E-state index in [0.29, 0.717) is 6.04 Å². The fourth-order valence-corrected chi connectivity index (χ4v) is 3.83. The maximum absolute atomic E-state index is 4.13. The Hall–Kier alpha value is -2.13. The van der Waals surface area contributed by atoms with Gasteiger partial charge >= 0.3 is 0 Å². The van der Waals surface area contributed by atoms with Crippen LogP contribution in [-0.4, -0.2) is 9.55 Å². The molecule has 0 bridgehead atoms. The number of nitrogens with zero attached hydrogens (tertiary/aromatic N) is 2. The summed E-state index contributed by atoms with van der Waals surface area (Å²) in [5.74, 6) is 0. The van der Waals surface area contributed by atoms with E-state index < -0.39 is 0 Å². The highest BCUT2D eigenvalue weighted by Crippen LogP contribution is 2.35. The second-order valence-electron chi connectivity index (χ2n) is 5.04. The molecular formula is C17H14N2S. The minimum Gasteiger partial charge on any atom is -0.330 e. The van der Waals surface area contributed by atoms with Gasteiger partial charge < -0.3 is 4.57 Å². The van der Waals surface area contributed by atoms with E-state index in [9.17, 15) is 0 Å².